The Morgan fingerprint density at radius 2 is 1.67 bits per heavy atom. The summed E-state index contributed by atoms with van der Waals surface area (Å²) >= 11 is 3.33. The number of carbonyl (C=O) groups excluding carboxylic acids is 3. The Morgan fingerprint density at radius 1 is 0.963 bits per heavy atom. The molecule has 0 bridgehead atoms. The second kappa shape index (κ2) is 10.3. The molecule has 0 atom stereocenters. The summed E-state index contributed by atoms with van der Waals surface area (Å²) < 4.78 is 6.02. The average molecular weight is 434 g/mol. The van der Waals surface area contributed by atoms with Crippen LogP contribution in [-0.4, -0.2) is 24.3 Å². The minimum atomic E-state index is -0.471. The van der Waals surface area contributed by atoms with Crippen molar-refractivity contribution in [3.8, 4) is 5.75 Å². The summed E-state index contributed by atoms with van der Waals surface area (Å²) in [5.41, 5.74) is 5.63. The number of hydrazine groups is 1. The molecular formula is C19H20BrN3O4. The number of ether oxygens (including phenoxy) is 1. The predicted molar refractivity (Wildman–Crippen MR) is 105 cm³/mol. The lowest BCUT2D eigenvalue weighted by Gasteiger charge is -2.10. The maximum absolute atomic E-state index is 12.1. The molecule has 2 aromatic rings. The van der Waals surface area contributed by atoms with Crippen molar-refractivity contribution in [2.24, 2.45) is 0 Å². The number of para-hydroxylation sites is 1. The Labute approximate surface area is 165 Å². The normalized spacial score (nSPS) is 10.0. The summed E-state index contributed by atoms with van der Waals surface area (Å²) in [5.74, 6) is -0.585. The first-order valence-corrected chi connectivity index (χ1v) is 9.15. The lowest BCUT2D eigenvalue weighted by Crippen LogP contribution is -2.41. The molecule has 0 radical (unpaired) electrons. The van der Waals surface area contributed by atoms with E-state index in [-0.39, 0.29) is 18.7 Å². The van der Waals surface area contributed by atoms with Gasteiger partial charge in [0.15, 0.2) is 0 Å². The number of anilines is 1. The minimum absolute atomic E-state index is 0.00516. The van der Waals surface area contributed by atoms with Gasteiger partial charge >= 0.3 is 0 Å². The molecule has 7 nitrogen and oxygen atoms in total. The van der Waals surface area contributed by atoms with Gasteiger partial charge in [-0.15, -0.1) is 0 Å². The highest BCUT2D eigenvalue weighted by Gasteiger charge is 2.11. The van der Waals surface area contributed by atoms with Crippen LogP contribution in [0.1, 0.15) is 30.1 Å². The fourth-order valence-corrected chi connectivity index (χ4v) is 2.64. The number of rotatable bonds is 7. The van der Waals surface area contributed by atoms with Gasteiger partial charge in [0.05, 0.1) is 11.1 Å². The smallest absolute Gasteiger partial charge is 0.269 e. The SMILES string of the molecule is CCOc1ccc(C(=O)NNC(=O)CCC(=O)Nc2ccccc2)cc1Br. The number of hydrogen-bond donors (Lipinski definition) is 3. The highest BCUT2D eigenvalue weighted by Crippen LogP contribution is 2.25. The highest BCUT2D eigenvalue weighted by molar-refractivity contribution is 9.10. The third-order valence-electron chi connectivity index (χ3n) is 3.45. The van der Waals surface area contributed by atoms with Crippen LogP contribution in [0.2, 0.25) is 0 Å². The van der Waals surface area contributed by atoms with E-state index < -0.39 is 11.8 Å². The second-order valence-corrected chi connectivity index (χ2v) is 6.35. The van der Waals surface area contributed by atoms with E-state index in [9.17, 15) is 14.4 Å². The molecule has 0 aliphatic carbocycles. The molecule has 3 amide bonds. The van der Waals surface area contributed by atoms with Gasteiger partial charge in [0, 0.05) is 24.1 Å². The number of benzene rings is 2. The summed E-state index contributed by atoms with van der Waals surface area (Å²) in [6.07, 6.45) is -0.0445. The number of amides is 3. The zero-order valence-corrected chi connectivity index (χ0v) is 16.3. The van der Waals surface area contributed by atoms with Crippen molar-refractivity contribution in [2.75, 3.05) is 11.9 Å². The van der Waals surface area contributed by atoms with Gasteiger partial charge in [-0.05, 0) is 53.2 Å². The molecule has 2 rings (SSSR count). The van der Waals surface area contributed by atoms with Crippen LogP contribution >= 0.6 is 15.9 Å². The van der Waals surface area contributed by atoms with E-state index in [4.69, 9.17) is 4.74 Å². The Bertz CT molecular complexity index is 812. The van der Waals surface area contributed by atoms with Gasteiger partial charge in [-0.25, -0.2) is 0 Å². The largest absolute Gasteiger partial charge is 0.493 e. The maximum atomic E-state index is 12.1. The molecule has 0 aromatic heterocycles. The first-order valence-electron chi connectivity index (χ1n) is 8.36. The van der Waals surface area contributed by atoms with Crippen LogP contribution in [-0.2, 0) is 9.59 Å². The molecule has 0 fully saturated rings. The fraction of sp³-hybridized carbons (Fsp3) is 0.211. The molecule has 0 aliphatic rings. The average Bonchev–Trinajstić information content (AvgIpc) is 2.67. The topological polar surface area (TPSA) is 96.5 Å². The zero-order chi connectivity index (χ0) is 19.6. The van der Waals surface area contributed by atoms with Crippen LogP contribution in [0.4, 0.5) is 5.69 Å². The summed E-state index contributed by atoms with van der Waals surface area (Å²) in [5, 5.41) is 2.69. The first-order chi connectivity index (χ1) is 13.0. The van der Waals surface area contributed by atoms with Crippen LogP contribution in [0.15, 0.2) is 53.0 Å². The van der Waals surface area contributed by atoms with E-state index in [0.717, 1.165) is 0 Å². The Balaban J connectivity index is 1.75. The first kappa shape index (κ1) is 20.4. The van der Waals surface area contributed by atoms with E-state index in [2.05, 4.69) is 32.1 Å². The number of carbonyl (C=O) groups is 3. The van der Waals surface area contributed by atoms with Gasteiger partial charge in [0.1, 0.15) is 5.75 Å². The lowest BCUT2D eigenvalue weighted by molar-refractivity contribution is -0.124. The van der Waals surface area contributed by atoms with Gasteiger partial charge in [0.2, 0.25) is 11.8 Å². The molecule has 0 saturated carbocycles. The Hall–Kier alpha value is -2.87. The van der Waals surface area contributed by atoms with Crippen LogP contribution < -0.4 is 20.9 Å². The van der Waals surface area contributed by atoms with Crippen LogP contribution in [0.25, 0.3) is 0 Å². The predicted octanol–water partition coefficient (Wildman–Crippen LogP) is 3.03. The van der Waals surface area contributed by atoms with E-state index in [1.807, 2.05) is 13.0 Å². The molecule has 2 aromatic carbocycles. The van der Waals surface area contributed by atoms with Crippen molar-refractivity contribution in [3.05, 3.63) is 58.6 Å². The van der Waals surface area contributed by atoms with Gasteiger partial charge in [-0.2, -0.15) is 0 Å². The molecule has 8 heteroatoms. The van der Waals surface area contributed by atoms with Crippen molar-refractivity contribution in [1.82, 2.24) is 10.9 Å². The van der Waals surface area contributed by atoms with E-state index in [0.29, 0.717) is 28.1 Å². The van der Waals surface area contributed by atoms with Crippen LogP contribution in [0, 0.1) is 0 Å². The summed E-state index contributed by atoms with van der Waals surface area (Å²) in [6, 6.07) is 13.8. The van der Waals surface area contributed by atoms with E-state index >= 15 is 0 Å². The number of hydrogen-bond acceptors (Lipinski definition) is 4. The summed E-state index contributed by atoms with van der Waals surface area (Å²) in [7, 11) is 0. The van der Waals surface area contributed by atoms with E-state index in [1.165, 1.54) is 0 Å². The lowest BCUT2D eigenvalue weighted by atomic mass is 10.2. The second-order valence-electron chi connectivity index (χ2n) is 5.49. The number of nitrogens with one attached hydrogen (secondary N) is 3. The monoisotopic (exact) mass is 433 g/mol. The van der Waals surface area contributed by atoms with E-state index in [1.54, 1.807) is 42.5 Å². The molecule has 0 aliphatic heterocycles. The maximum Gasteiger partial charge on any atom is 0.269 e. The van der Waals surface area contributed by atoms with Crippen LogP contribution in [0.3, 0.4) is 0 Å². The molecule has 3 N–H and O–H groups in total. The summed E-state index contributed by atoms with van der Waals surface area (Å²) in [6.45, 7) is 2.38. The van der Waals surface area contributed by atoms with Crippen molar-refractivity contribution in [3.63, 3.8) is 0 Å². The van der Waals surface area contributed by atoms with Crippen molar-refractivity contribution < 1.29 is 19.1 Å². The molecule has 0 saturated heterocycles. The third-order valence-corrected chi connectivity index (χ3v) is 4.07. The molecule has 0 heterocycles. The van der Waals surface area contributed by atoms with Gasteiger partial charge in [-0.1, -0.05) is 18.2 Å². The van der Waals surface area contributed by atoms with Crippen molar-refractivity contribution in [1.29, 1.82) is 0 Å². The minimum Gasteiger partial charge on any atom is -0.493 e. The third kappa shape index (κ3) is 6.74. The zero-order valence-electron chi connectivity index (χ0n) is 14.8. The molecule has 142 valence electrons. The van der Waals surface area contributed by atoms with Crippen molar-refractivity contribution in [2.45, 2.75) is 19.8 Å². The quantitative estimate of drug-likeness (QED) is 0.584. The molecule has 0 spiro atoms. The van der Waals surface area contributed by atoms with Crippen molar-refractivity contribution >= 4 is 39.3 Å². The van der Waals surface area contributed by atoms with Gasteiger partial charge < -0.3 is 10.1 Å². The van der Waals surface area contributed by atoms with Crippen LogP contribution in [0.5, 0.6) is 5.75 Å². The molecular weight excluding hydrogens is 414 g/mol. The summed E-state index contributed by atoms with van der Waals surface area (Å²) in [4.78, 5) is 35.7. The molecule has 0 unspecified atom stereocenters. The van der Waals surface area contributed by atoms with Gasteiger partial charge in [-0.3, -0.25) is 25.2 Å². The van der Waals surface area contributed by atoms with Gasteiger partial charge in [0.25, 0.3) is 5.91 Å². The fourth-order valence-electron chi connectivity index (χ4n) is 2.15. The Kier molecular flexibility index (Phi) is 7.81. The standard InChI is InChI=1S/C19H20BrN3O4/c1-2-27-16-9-8-13(12-15(16)20)19(26)23-22-18(25)11-10-17(24)21-14-6-4-3-5-7-14/h3-9,12H,2,10-11H2,1H3,(H,21,24)(H,22,25)(H,23,26). The number of halogens is 1. The molecule has 27 heavy (non-hydrogen) atoms. The highest BCUT2D eigenvalue weighted by atomic mass is 79.9. The Morgan fingerprint density at radius 3 is 2.33 bits per heavy atom.